The van der Waals surface area contributed by atoms with Gasteiger partial charge in [0.15, 0.2) is 5.76 Å². The molecule has 7 nitrogen and oxygen atoms in total. The number of likely N-dealkylation sites (tertiary alicyclic amines) is 1. The van der Waals surface area contributed by atoms with E-state index in [1.807, 2.05) is 0 Å². The third-order valence-corrected chi connectivity index (χ3v) is 3.60. The lowest BCUT2D eigenvalue weighted by atomic mass is 9.90. The average Bonchev–Trinajstić information content (AvgIpc) is 2.87. The largest absolute Gasteiger partial charge is 0.433 e. The Bertz CT molecular complexity index is 485. The number of rotatable bonds is 3. The molecule has 1 amide bonds. The van der Waals surface area contributed by atoms with Gasteiger partial charge in [-0.3, -0.25) is 14.9 Å². The summed E-state index contributed by atoms with van der Waals surface area (Å²) < 4.78 is 4.96. The van der Waals surface area contributed by atoms with Crippen LogP contribution in [0.25, 0.3) is 0 Å². The van der Waals surface area contributed by atoms with Crippen LogP contribution in [0.3, 0.4) is 0 Å². The van der Waals surface area contributed by atoms with Gasteiger partial charge in [0, 0.05) is 19.1 Å². The van der Waals surface area contributed by atoms with E-state index < -0.39 is 10.8 Å². The molecule has 2 heterocycles. The zero-order chi connectivity index (χ0) is 14.0. The highest BCUT2D eigenvalue weighted by Gasteiger charge is 2.33. The van der Waals surface area contributed by atoms with Gasteiger partial charge in [0.1, 0.15) is 4.92 Å². The van der Waals surface area contributed by atoms with Crippen molar-refractivity contribution in [3.05, 3.63) is 28.0 Å². The number of amides is 1. The molecule has 7 heteroatoms. The Morgan fingerprint density at radius 2 is 2.37 bits per heavy atom. The topological polar surface area (TPSA) is 103 Å². The highest BCUT2D eigenvalue weighted by Crippen LogP contribution is 2.25. The molecule has 0 radical (unpaired) electrons. The van der Waals surface area contributed by atoms with Crippen molar-refractivity contribution < 1.29 is 14.1 Å². The van der Waals surface area contributed by atoms with E-state index in [-0.39, 0.29) is 17.7 Å². The van der Waals surface area contributed by atoms with Gasteiger partial charge in [0.25, 0.3) is 5.91 Å². The van der Waals surface area contributed by atoms with Crippen molar-refractivity contribution in [1.82, 2.24) is 4.90 Å². The van der Waals surface area contributed by atoms with Crippen LogP contribution in [-0.4, -0.2) is 34.9 Å². The average molecular weight is 267 g/mol. The Hall–Kier alpha value is -1.89. The van der Waals surface area contributed by atoms with E-state index in [1.165, 1.54) is 12.1 Å². The van der Waals surface area contributed by atoms with E-state index in [0.29, 0.717) is 19.0 Å². The highest BCUT2D eigenvalue weighted by atomic mass is 16.6. The number of hydrogen-bond donors (Lipinski definition) is 1. The molecule has 19 heavy (non-hydrogen) atoms. The molecule has 2 N–H and O–H groups in total. The quantitative estimate of drug-likeness (QED) is 0.658. The van der Waals surface area contributed by atoms with E-state index in [2.05, 4.69) is 6.92 Å². The summed E-state index contributed by atoms with van der Waals surface area (Å²) in [6, 6.07) is 2.50. The fourth-order valence-electron chi connectivity index (χ4n) is 2.54. The van der Waals surface area contributed by atoms with Gasteiger partial charge in [0.2, 0.25) is 0 Å². The zero-order valence-electron chi connectivity index (χ0n) is 10.7. The van der Waals surface area contributed by atoms with Crippen LogP contribution in [-0.2, 0) is 0 Å². The minimum Gasteiger partial charge on any atom is -0.395 e. The fourth-order valence-corrected chi connectivity index (χ4v) is 2.54. The number of furan rings is 1. The van der Waals surface area contributed by atoms with Crippen LogP contribution >= 0.6 is 0 Å². The van der Waals surface area contributed by atoms with Crippen LogP contribution in [0.4, 0.5) is 5.88 Å². The van der Waals surface area contributed by atoms with Gasteiger partial charge in [0.05, 0.1) is 6.07 Å². The van der Waals surface area contributed by atoms with E-state index in [0.717, 1.165) is 12.8 Å². The third kappa shape index (κ3) is 2.60. The van der Waals surface area contributed by atoms with Crippen LogP contribution in [0, 0.1) is 16.0 Å². The minimum atomic E-state index is -0.657. The maximum Gasteiger partial charge on any atom is 0.433 e. The second-order valence-corrected chi connectivity index (χ2v) is 4.82. The van der Waals surface area contributed by atoms with E-state index in [9.17, 15) is 14.9 Å². The number of nitro groups is 1. The molecule has 1 aliphatic heterocycles. The summed E-state index contributed by atoms with van der Waals surface area (Å²) in [5, 5.41) is 10.6. The standard InChI is InChI=1S/C12H17N3O4/c1-8-3-2-6-14(9(8)7-13)12(16)10-4-5-11(19-10)15(17)18/h4-5,8-9H,2-3,6-7,13H2,1H3. The van der Waals surface area contributed by atoms with Gasteiger partial charge in [-0.15, -0.1) is 0 Å². The number of piperidine rings is 1. The predicted octanol–water partition coefficient (Wildman–Crippen LogP) is 1.39. The molecule has 2 atom stereocenters. The molecule has 1 aliphatic rings. The van der Waals surface area contributed by atoms with Crippen LogP contribution < -0.4 is 5.73 Å². The van der Waals surface area contributed by atoms with Gasteiger partial charge in [-0.05, 0) is 24.8 Å². The highest BCUT2D eigenvalue weighted by molar-refractivity contribution is 5.92. The van der Waals surface area contributed by atoms with Gasteiger partial charge >= 0.3 is 5.88 Å². The Kier molecular flexibility index (Phi) is 3.84. The Morgan fingerprint density at radius 3 is 2.95 bits per heavy atom. The van der Waals surface area contributed by atoms with E-state index in [1.54, 1.807) is 4.90 Å². The van der Waals surface area contributed by atoms with Gasteiger partial charge in [-0.1, -0.05) is 6.92 Å². The molecule has 0 saturated carbocycles. The van der Waals surface area contributed by atoms with Crippen molar-refractivity contribution in [2.75, 3.05) is 13.1 Å². The van der Waals surface area contributed by atoms with Crippen molar-refractivity contribution in [2.24, 2.45) is 11.7 Å². The molecular weight excluding hydrogens is 250 g/mol. The third-order valence-electron chi connectivity index (χ3n) is 3.60. The monoisotopic (exact) mass is 267 g/mol. The van der Waals surface area contributed by atoms with Gasteiger partial charge in [-0.25, -0.2) is 0 Å². The maximum atomic E-state index is 12.3. The maximum absolute atomic E-state index is 12.3. The first-order valence-electron chi connectivity index (χ1n) is 6.30. The lowest BCUT2D eigenvalue weighted by Gasteiger charge is -2.38. The van der Waals surface area contributed by atoms with Crippen molar-refractivity contribution in [1.29, 1.82) is 0 Å². The molecule has 0 bridgehead atoms. The molecule has 1 aromatic rings. The van der Waals surface area contributed by atoms with E-state index >= 15 is 0 Å². The number of carbonyl (C=O) groups excluding carboxylic acids is 1. The molecular formula is C12H17N3O4. The number of hydrogen-bond acceptors (Lipinski definition) is 5. The number of nitrogens with two attached hydrogens (primary N) is 1. The van der Waals surface area contributed by atoms with Gasteiger partial charge in [-0.2, -0.15) is 0 Å². The van der Waals surface area contributed by atoms with Crippen LogP contribution in [0.1, 0.15) is 30.3 Å². The smallest absolute Gasteiger partial charge is 0.395 e. The van der Waals surface area contributed by atoms with Crippen LogP contribution in [0.5, 0.6) is 0 Å². The van der Waals surface area contributed by atoms with Crippen molar-refractivity contribution >= 4 is 11.8 Å². The molecule has 2 unspecified atom stereocenters. The molecule has 0 aliphatic carbocycles. The molecule has 0 aromatic carbocycles. The first-order valence-corrected chi connectivity index (χ1v) is 6.30. The summed E-state index contributed by atoms with van der Waals surface area (Å²) in [6.07, 6.45) is 1.94. The first kappa shape index (κ1) is 13.5. The summed E-state index contributed by atoms with van der Waals surface area (Å²) in [6.45, 7) is 3.05. The summed E-state index contributed by atoms with van der Waals surface area (Å²) in [5.74, 6) is -0.417. The lowest BCUT2D eigenvalue weighted by Crippen LogP contribution is -2.51. The summed E-state index contributed by atoms with van der Waals surface area (Å²) in [5.41, 5.74) is 5.72. The minimum absolute atomic E-state index is 0.000694. The SMILES string of the molecule is CC1CCCN(C(=O)c2ccc([N+](=O)[O-])o2)C1CN. The molecule has 0 spiro atoms. The van der Waals surface area contributed by atoms with Crippen LogP contribution in [0.2, 0.25) is 0 Å². The van der Waals surface area contributed by atoms with Crippen molar-refractivity contribution in [2.45, 2.75) is 25.8 Å². The Morgan fingerprint density at radius 1 is 1.63 bits per heavy atom. The summed E-state index contributed by atoms with van der Waals surface area (Å²) >= 11 is 0. The second kappa shape index (κ2) is 5.40. The summed E-state index contributed by atoms with van der Waals surface area (Å²) in [7, 11) is 0. The Labute approximate surface area is 110 Å². The van der Waals surface area contributed by atoms with Crippen molar-refractivity contribution in [3.63, 3.8) is 0 Å². The number of nitrogens with zero attached hydrogens (tertiary/aromatic N) is 2. The van der Waals surface area contributed by atoms with Crippen molar-refractivity contribution in [3.8, 4) is 0 Å². The predicted molar refractivity (Wildman–Crippen MR) is 67.6 cm³/mol. The van der Waals surface area contributed by atoms with Gasteiger partial charge < -0.3 is 15.1 Å². The zero-order valence-corrected chi connectivity index (χ0v) is 10.7. The fraction of sp³-hybridized carbons (Fsp3) is 0.583. The lowest BCUT2D eigenvalue weighted by molar-refractivity contribution is -0.402. The normalized spacial score (nSPS) is 23.4. The second-order valence-electron chi connectivity index (χ2n) is 4.82. The molecule has 1 saturated heterocycles. The molecule has 2 rings (SSSR count). The number of carbonyl (C=O) groups is 1. The molecule has 1 fully saturated rings. The Balaban J connectivity index is 2.19. The molecule has 104 valence electrons. The molecule has 1 aromatic heterocycles. The first-order chi connectivity index (χ1) is 9.04. The van der Waals surface area contributed by atoms with E-state index in [4.69, 9.17) is 10.2 Å². The summed E-state index contributed by atoms with van der Waals surface area (Å²) in [4.78, 5) is 23.9. The van der Waals surface area contributed by atoms with Crippen LogP contribution in [0.15, 0.2) is 16.5 Å².